The van der Waals surface area contributed by atoms with Gasteiger partial charge in [0.2, 0.25) is 0 Å². The summed E-state index contributed by atoms with van der Waals surface area (Å²) in [5.74, 6) is 0.750. The fourth-order valence-electron chi connectivity index (χ4n) is 0.622. The summed E-state index contributed by atoms with van der Waals surface area (Å²) in [5, 5.41) is 0. The van der Waals surface area contributed by atoms with E-state index in [0.717, 1.165) is 5.92 Å². The van der Waals surface area contributed by atoms with E-state index in [2.05, 4.69) is 20.4 Å². The number of hydrogen-bond donors (Lipinski definition) is 0. The maximum Gasteiger partial charge on any atom is -0.0241 e. The molecule has 0 amide bonds. The second-order valence-corrected chi connectivity index (χ2v) is 1.81. The van der Waals surface area contributed by atoms with E-state index in [9.17, 15) is 0 Å². The SMILES string of the molecule is C=CC(CC)CC.CC.CC.CC. The third kappa shape index (κ3) is 33.8. The average molecular weight is 188 g/mol. The van der Waals surface area contributed by atoms with Crippen LogP contribution in [0.4, 0.5) is 0 Å². The Morgan fingerprint density at radius 3 is 1.08 bits per heavy atom. The van der Waals surface area contributed by atoms with Crippen LogP contribution >= 0.6 is 0 Å². The maximum atomic E-state index is 3.70. The van der Waals surface area contributed by atoms with Crippen molar-refractivity contribution < 1.29 is 0 Å². The van der Waals surface area contributed by atoms with E-state index in [-0.39, 0.29) is 0 Å². The Labute approximate surface area is 87.4 Å². The molecule has 0 spiro atoms. The van der Waals surface area contributed by atoms with Crippen LogP contribution < -0.4 is 0 Å². The zero-order chi connectivity index (χ0) is 11.7. The summed E-state index contributed by atoms with van der Waals surface area (Å²) in [5.41, 5.74) is 0. The molecule has 0 unspecified atom stereocenters. The summed E-state index contributed by atoms with van der Waals surface area (Å²) >= 11 is 0. The first-order valence-electron chi connectivity index (χ1n) is 5.97. The predicted molar refractivity (Wildman–Crippen MR) is 68.3 cm³/mol. The molecule has 0 N–H and O–H groups in total. The van der Waals surface area contributed by atoms with E-state index in [1.54, 1.807) is 0 Å². The van der Waals surface area contributed by atoms with Crippen molar-refractivity contribution in [2.24, 2.45) is 5.92 Å². The first-order chi connectivity index (χ1) is 6.35. The van der Waals surface area contributed by atoms with Crippen molar-refractivity contribution in [1.82, 2.24) is 0 Å². The third-order valence-electron chi connectivity index (χ3n) is 1.38. The van der Waals surface area contributed by atoms with Gasteiger partial charge in [-0.05, 0) is 18.8 Å². The maximum absolute atomic E-state index is 3.70. The number of hydrogen-bond acceptors (Lipinski definition) is 0. The van der Waals surface area contributed by atoms with Gasteiger partial charge in [-0.3, -0.25) is 0 Å². The molecule has 0 saturated heterocycles. The van der Waals surface area contributed by atoms with Crippen LogP contribution in [0.5, 0.6) is 0 Å². The Kier molecular flexibility index (Phi) is 72.7. The molecule has 0 aromatic carbocycles. The molecule has 0 fully saturated rings. The van der Waals surface area contributed by atoms with Gasteiger partial charge in [-0.2, -0.15) is 0 Å². The molecule has 0 aliphatic rings. The molecular formula is C13H32. The van der Waals surface area contributed by atoms with Gasteiger partial charge in [0, 0.05) is 0 Å². The lowest BCUT2D eigenvalue weighted by Gasteiger charge is -2.01. The minimum absolute atomic E-state index is 0.750. The molecule has 0 heterocycles. The minimum Gasteiger partial charge on any atom is -0.103 e. The summed E-state index contributed by atoms with van der Waals surface area (Å²) in [4.78, 5) is 0. The Balaban J connectivity index is -0.0000000573. The van der Waals surface area contributed by atoms with Gasteiger partial charge in [0.1, 0.15) is 0 Å². The van der Waals surface area contributed by atoms with Crippen molar-refractivity contribution in [2.75, 3.05) is 0 Å². The largest absolute Gasteiger partial charge is 0.103 e. The van der Waals surface area contributed by atoms with Crippen LogP contribution in [0, 0.1) is 5.92 Å². The van der Waals surface area contributed by atoms with Crippen LogP contribution in [-0.4, -0.2) is 0 Å². The highest BCUT2D eigenvalue weighted by Gasteiger charge is 1.92. The van der Waals surface area contributed by atoms with Gasteiger partial charge >= 0.3 is 0 Å². The summed E-state index contributed by atoms with van der Waals surface area (Å²) < 4.78 is 0. The van der Waals surface area contributed by atoms with Gasteiger partial charge in [-0.1, -0.05) is 61.5 Å². The van der Waals surface area contributed by atoms with E-state index >= 15 is 0 Å². The molecule has 0 aromatic heterocycles. The Hall–Kier alpha value is -0.260. The predicted octanol–water partition coefficient (Wildman–Crippen LogP) is 5.69. The molecule has 0 atom stereocenters. The second-order valence-electron chi connectivity index (χ2n) is 1.81. The van der Waals surface area contributed by atoms with Crippen molar-refractivity contribution in [3.63, 3.8) is 0 Å². The zero-order valence-electron chi connectivity index (χ0n) is 11.3. The second kappa shape index (κ2) is 41.1. The first-order valence-corrected chi connectivity index (χ1v) is 5.97. The Morgan fingerprint density at radius 2 is 1.08 bits per heavy atom. The molecule has 0 aromatic rings. The van der Waals surface area contributed by atoms with Crippen molar-refractivity contribution >= 4 is 0 Å². The standard InChI is InChI=1S/C7H14.3C2H6/c1-4-7(5-2)6-3;3*1-2/h4,7H,1,5-6H2,2-3H3;3*1-2H3. The first kappa shape index (κ1) is 23.0. The van der Waals surface area contributed by atoms with E-state index in [1.165, 1.54) is 12.8 Å². The topological polar surface area (TPSA) is 0 Å². The molecule has 0 nitrogen and oxygen atoms in total. The van der Waals surface area contributed by atoms with Crippen molar-refractivity contribution in [3.8, 4) is 0 Å². The molecule has 13 heavy (non-hydrogen) atoms. The normalized spacial score (nSPS) is 6.54. The Morgan fingerprint density at radius 1 is 0.846 bits per heavy atom. The lowest BCUT2D eigenvalue weighted by atomic mass is 10.0. The molecular weight excluding hydrogens is 156 g/mol. The van der Waals surface area contributed by atoms with Crippen LogP contribution in [0.25, 0.3) is 0 Å². The van der Waals surface area contributed by atoms with Crippen LogP contribution in [0.3, 0.4) is 0 Å². The van der Waals surface area contributed by atoms with Gasteiger partial charge in [-0.15, -0.1) is 6.58 Å². The molecule has 0 radical (unpaired) electrons. The van der Waals surface area contributed by atoms with E-state index in [0.29, 0.717) is 0 Å². The smallest absolute Gasteiger partial charge is 0.0241 e. The highest BCUT2D eigenvalue weighted by atomic mass is 14.0. The van der Waals surface area contributed by atoms with Crippen LogP contribution in [-0.2, 0) is 0 Å². The summed E-state index contributed by atoms with van der Waals surface area (Å²) in [6.07, 6.45) is 4.50. The van der Waals surface area contributed by atoms with Crippen molar-refractivity contribution in [1.29, 1.82) is 0 Å². The van der Waals surface area contributed by atoms with Crippen LogP contribution in [0.2, 0.25) is 0 Å². The highest BCUT2D eigenvalue weighted by Crippen LogP contribution is 2.06. The minimum atomic E-state index is 0.750. The van der Waals surface area contributed by atoms with E-state index in [1.807, 2.05) is 47.6 Å². The van der Waals surface area contributed by atoms with Gasteiger partial charge in [0.05, 0.1) is 0 Å². The summed E-state index contributed by atoms with van der Waals surface area (Å²) in [6, 6.07) is 0. The molecule has 0 aliphatic carbocycles. The molecule has 0 heteroatoms. The van der Waals surface area contributed by atoms with E-state index in [4.69, 9.17) is 0 Å². The van der Waals surface area contributed by atoms with Gasteiger partial charge in [0.25, 0.3) is 0 Å². The average Bonchev–Trinajstić information content (AvgIpc) is 2.29. The summed E-state index contributed by atoms with van der Waals surface area (Å²) in [6.45, 7) is 20.1. The third-order valence-corrected chi connectivity index (χ3v) is 1.38. The van der Waals surface area contributed by atoms with Crippen molar-refractivity contribution in [2.45, 2.75) is 68.2 Å². The fraction of sp³-hybridized carbons (Fsp3) is 0.846. The van der Waals surface area contributed by atoms with Crippen LogP contribution in [0.1, 0.15) is 68.2 Å². The molecule has 0 saturated carbocycles. The fourth-order valence-corrected chi connectivity index (χ4v) is 0.622. The lowest BCUT2D eigenvalue weighted by molar-refractivity contribution is 0.607. The van der Waals surface area contributed by atoms with Gasteiger partial charge in [-0.25, -0.2) is 0 Å². The Bertz CT molecular complexity index is 42.0. The molecule has 0 aliphatic heterocycles. The molecule has 84 valence electrons. The molecule has 0 rings (SSSR count). The summed E-state index contributed by atoms with van der Waals surface area (Å²) in [7, 11) is 0. The molecule has 0 bridgehead atoms. The van der Waals surface area contributed by atoms with Gasteiger partial charge in [0.15, 0.2) is 0 Å². The monoisotopic (exact) mass is 188 g/mol. The quantitative estimate of drug-likeness (QED) is 0.499. The van der Waals surface area contributed by atoms with Crippen molar-refractivity contribution in [3.05, 3.63) is 12.7 Å². The van der Waals surface area contributed by atoms with Crippen LogP contribution in [0.15, 0.2) is 12.7 Å². The lowest BCUT2D eigenvalue weighted by Crippen LogP contribution is -1.87. The van der Waals surface area contributed by atoms with E-state index < -0.39 is 0 Å². The zero-order valence-corrected chi connectivity index (χ0v) is 11.3. The number of rotatable bonds is 3. The highest BCUT2D eigenvalue weighted by molar-refractivity contribution is 4.75. The van der Waals surface area contributed by atoms with Gasteiger partial charge < -0.3 is 0 Å². The number of allylic oxidation sites excluding steroid dienone is 1.